The van der Waals surface area contributed by atoms with Gasteiger partial charge in [-0.25, -0.2) is 4.98 Å². The zero-order valence-electron chi connectivity index (χ0n) is 15.4. The summed E-state index contributed by atoms with van der Waals surface area (Å²) >= 11 is 1.69. The van der Waals surface area contributed by atoms with E-state index in [1.165, 1.54) is 10.3 Å². The molecule has 0 saturated heterocycles. The Morgan fingerprint density at radius 1 is 1.14 bits per heavy atom. The van der Waals surface area contributed by atoms with Crippen LogP contribution in [0.3, 0.4) is 0 Å². The number of benzene rings is 2. The highest BCUT2D eigenvalue weighted by Gasteiger charge is 2.27. The van der Waals surface area contributed by atoms with Crippen LogP contribution < -0.4 is 5.32 Å². The van der Waals surface area contributed by atoms with Gasteiger partial charge in [-0.05, 0) is 61.7 Å². The fourth-order valence-corrected chi connectivity index (χ4v) is 4.67. The molecular weight excluding hydrogens is 370 g/mol. The molecule has 140 valence electrons. The molecule has 7 heteroatoms. The molecule has 28 heavy (non-hydrogen) atoms. The van der Waals surface area contributed by atoms with Crippen molar-refractivity contribution in [1.29, 1.82) is 0 Å². The number of rotatable bonds is 3. The zero-order valence-corrected chi connectivity index (χ0v) is 16.2. The Morgan fingerprint density at radius 3 is 2.82 bits per heavy atom. The standard InChI is InChI=1S/C21H19N5OS/c1-12-2-8-17-19(10-12)28-21(23-17)13-3-6-15(7-4-13)22-20(27)14-5-9-16-18(11-14)25-26-24-16/h2-4,6-8,10,14H,5,9,11H2,1H3,(H,22,27)(H,24,25,26). The highest BCUT2D eigenvalue weighted by molar-refractivity contribution is 7.21. The first-order valence-corrected chi connectivity index (χ1v) is 10.1. The van der Waals surface area contributed by atoms with Gasteiger partial charge in [0.2, 0.25) is 5.91 Å². The van der Waals surface area contributed by atoms with E-state index in [2.05, 4.69) is 45.9 Å². The third-order valence-electron chi connectivity index (χ3n) is 5.19. The van der Waals surface area contributed by atoms with Gasteiger partial charge in [-0.2, -0.15) is 15.4 Å². The topological polar surface area (TPSA) is 83.6 Å². The van der Waals surface area contributed by atoms with Crippen molar-refractivity contribution in [2.75, 3.05) is 5.32 Å². The first kappa shape index (κ1) is 17.1. The molecule has 1 aliphatic carbocycles. The van der Waals surface area contributed by atoms with Crippen molar-refractivity contribution in [3.63, 3.8) is 0 Å². The van der Waals surface area contributed by atoms with Crippen LogP contribution in [0.1, 0.15) is 23.4 Å². The maximum Gasteiger partial charge on any atom is 0.227 e. The summed E-state index contributed by atoms with van der Waals surface area (Å²) in [5.74, 6) is -0.0263. The second kappa shape index (κ2) is 6.83. The van der Waals surface area contributed by atoms with Gasteiger partial charge in [-0.15, -0.1) is 11.3 Å². The number of hydrogen-bond donors (Lipinski definition) is 2. The van der Waals surface area contributed by atoms with Crippen LogP contribution in [-0.2, 0) is 17.6 Å². The molecule has 0 spiro atoms. The van der Waals surface area contributed by atoms with E-state index >= 15 is 0 Å². The van der Waals surface area contributed by atoms with Crippen LogP contribution in [-0.4, -0.2) is 26.3 Å². The van der Waals surface area contributed by atoms with E-state index in [4.69, 9.17) is 4.98 Å². The van der Waals surface area contributed by atoms with E-state index in [0.717, 1.165) is 46.0 Å². The van der Waals surface area contributed by atoms with Crippen molar-refractivity contribution in [1.82, 2.24) is 20.4 Å². The molecule has 2 heterocycles. The Hall–Kier alpha value is -3.06. The lowest BCUT2D eigenvalue weighted by Gasteiger charge is -2.19. The number of nitrogens with zero attached hydrogens (tertiary/aromatic N) is 3. The highest BCUT2D eigenvalue weighted by atomic mass is 32.1. The SMILES string of the molecule is Cc1ccc2nc(-c3ccc(NC(=O)C4CCc5n[nH]nc5C4)cc3)sc2c1. The zero-order chi connectivity index (χ0) is 19.1. The molecule has 1 amide bonds. The summed E-state index contributed by atoms with van der Waals surface area (Å²) in [6.45, 7) is 2.09. The van der Waals surface area contributed by atoms with Crippen LogP contribution in [0.2, 0.25) is 0 Å². The normalized spacial score (nSPS) is 16.1. The maximum atomic E-state index is 12.6. The Bertz CT molecular complexity index is 1160. The molecule has 1 atom stereocenters. The van der Waals surface area contributed by atoms with E-state index in [0.29, 0.717) is 6.42 Å². The number of amides is 1. The fourth-order valence-electron chi connectivity index (χ4n) is 3.60. The summed E-state index contributed by atoms with van der Waals surface area (Å²) in [6, 6.07) is 14.2. The van der Waals surface area contributed by atoms with E-state index < -0.39 is 0 Å². The fraction of sp³-hybridized carbons (Fsp3) is 0.238. The van der Waals surface area contributed by atoms with Crippen molar-refractivity contribution in [2.24, 2.45) is 5.92 Å². The second-order valence-corrected chi connectivity index (χ2v) is 8.24. The third kappa shape index (κ3) is 3.18. The van der Waals surface area contributed by atoms with E-state index in [-0.39, 0.29) is 11.8 Å². The molecule has 5 rings (SSSR count). The molecule has 0 radical (unpaired) electrons. The number of fused-ring (bicyclic) bond motifs is 2. The van der Waals surface area contributed by atoms with Gasteiger partial charge < -0.3 is 5.32 Å². The van der Waals surface area contributed by atoms with Crippen LogP contribution in [0.4, 0.5) is 5.69 Å². The molecule has 1 unspecified atom stereocenters. The number of aromatic amines is 1. The smallest absolute Gasteiger partial charge is 0.227 e. The Morgan fingerprint density at radius 2 is 1.96 bits per heavy atom. The number of carbonyl (C=O) groups excluding carboxylic acids is 1. The highest BCUT2D eigenvalue weighted by Crippen LogP contribution is 2.31. The lowest BCUT2D eigenvalue weighted by atomic mass is 9.89. The average Bonchev–Trinajstić information content (AvgIpc) is 3.34. The van der Waals surface area contributed by atoms with Gasteiger partial charge in [-0.3, -0.25) is 4.79 Å². The van der Waals surface area contributed by atoms with Gasteiger partial charge in [0.1, 0.15) is 5.01 Å². The number of hydrogen-bond acceptors (Lipinski definition) is 5. The summed E-state index contributed by atoms with van der Waals surface area (Å²) in [7, 11) is 0. The van der Waals surface area contributed by atoms with Crippen LogP contribution in [0.5, 0.6) is 0 Å². The summed E-state index contributed by atoms with van der Waals surface area (Å²) in [6.07, 6.45) is 2.23. The Kier molecular flexibility index (Phi) is 4.16. The van der Waals surface area contributed by atoms with Crippen molar-refractivity contribution in [3.8, 4) is 10.6 Å². The molecule has 0 bridgehead atoms. The van der Waals surface area contributed by atoms with Gasteiger partial charge in [0.15, 0.2) is 0 Å². The number of nitrogens with one attached hydrogen (secondary N) is 2. The minimum atomic E-state index is -0.0650. The van der Waals surface area contributed by atoms with Crippen LogP contribution in [0.15, 0.2) is 42.5 Å². The van der Waals surface area contributed by atoms with Crippen LogP contribution in [0, 0.1) is 12.8 Å². The predicted molar refractivity (Wildman–Crippen MR) is 110 cm³/mol. The Labute approximate surface area is 166 Å². The van der Waals surface area contributed by atoms with Crippen molar-refractivity contribution in [3.05, 3.63) is 59.4 Å². The summed E-state index contributed by atoms with van der Waals surface area (Å²) in [5, 5.41) is 14.9. The number of H-pyrrole nitrogens is 1. The average molecular weight is 389 g/mol. The molecular formula is C21H19N5OS. The van der Waals surface area contributed by atoms with Gasteiger partial charge in [0.05, 0.1) is 21.6 Å². The summed E-state index contributed by atoms with van der Waals surface area (Å²) < 4.78 is 1.19. The molecule has 2 aromatic carbocycles. The van der Waals surface area contributed by atoms with Gasteiger partial charge in [-0.1, -0.05) is 6.07 Å². The number of aromatic nitrogens is 4. The molecule has 0 saturated carbocycles. The molecule has 2 N–H and O–H groups in total. The summed E-state index contributed by atoms with van der Waals surface area (Å²) in [4.78, 5) is 17.3. The lowest BCUT2D eigenvalue weighted by Crippen LogP contribution is -2.28. The Balaban J connectivity index is 1.30. The summed E-state index contributed by atoms with van der Waals surface area (Å²) in [5.41, 5.74) is 6.01. The van der Waals surface area contributed by atoms with Crippen LogP contribution in [0.25, 0.3) is 20.8 Å². The van der Waals surface area contributed by atoms with E-state index in [1.807, 2.05) is 24.3 Å². The number of aryl methyl sites for hydroxylation is 2. The maximum absolute atomic E-state index is 12.6. The van der Waals surface area contributed by atoms with E-state index in [1.54, 1.807) is 11.3 Å². The molecule has 1 aliphatic rings. The van der Waals surface area contributed by atoms with Crippen molar-refractivity contribution in [2.45, 2.75) is 26.2 Å². The molecule has 2 aromatic heterocycles. The third-order valence-corrected chi connectivity index (χ3v) is 6.25. The molecule has 0 fully saturated rings. The van der Waals surface area contributed by atoms with Gasteiger partial charge in [0.25, 0.3) is 0 Å². The second-order valence-electron chi connectivity index (χ2n) is 7.21. The van der Waals surface area contributed by atoms with E-state index in [9.17, 15) is 4.79 Å². The first-order valence-electron chi connectivity index (χ1n) is 9.33. The minimum absolute atomic E-state index is 0.0388. The number of anilines is 1. The number of carbonyl (C=O) groups is 1. The predicted octanol–water partition coefficient (Wildman–Crippen LogP) is 4.13. The van der Waals surface area contributed by atoms with Crippen LogP contribution >= 0.6 is 11.3 Å². The molecule has 0 aliphatic heterocycles. The molecule has 6 nitrogen and oxygen atoms in total. The van der Waals surface area contributed by atoms with Crippen molar-refractivity contribution >= 4 is 33.1 Å². The number of thiazole rings is 1. The minimum Gasteiger partial charge on any atom is -0.326 e. The largest absolute Gasteiger partial charge is 0.326 e. The monoisotopic (exact) mass is 389 g/mol. The van der Waals surface area contributed by atoms with Gasteiger partial charge in [0, 0.05) is 23.6 Å². The lowest BCUT2D eigenvalue weighted by molar-refractivity contribution is -0.120. The molecule has 4 aromatic rings. The van der Waals surface area contributed by atoms with Crippen molar-refractivity contribution < 1.29 is 4.79 Å². The van der Waals surface area contributed by atoms with Gasteiger partial charge >= 0.3 is 0 Å². The quantitative estimate of drug-likeness (QED) is 0.552. The first-order chi connectivity index (χ1) is 13.7.